The lowest BCUT2D eigenvalue weighted by Gasteiger charge is -2.38. The highest BCUT2D eigenvalue weighted by atomic mass is 32.2. The molecule has 0 spiro atoms. The third-order valence-corrected chi connectivity index (χ3v) is 9.17. The number of nitrogens with zero attached hydrogens (tertiary/aromatic N) is 1. The molecule has 1 fully saturated rings. The van der Waals surface area contributed by atoms with Crippen molar-refractivity contribution in [2.75, 3.05) is 25.5 Å². The Hall–Kier alpha value is -2.51. The van der Waals surface area contributed by atoms with Crippen LogP contribution in [-0.2, 0) is 10.0 Å². The van der Waals surface area contributed by atoms with Gasteiger partial charge in [0.15, 0.2) is 11.5 Å². The number of phenolic OH excluding ortho intramolecular Hbond substituents is 1. The fourth-order valence-corrected chi connectivity index (χ4v) is 6.84. The highest BCUT2D eigenvalue weighted by molar-refractivity contribution is 7.89. The number of ether oxygens (including phenoxy) is 1. The molecule has 3 unspecified atom stereocenters. The van der Waals surface area contributed by atoms with Crippen LogP contribution in [-0.4, -0.2) is 38.0 Å². The second-order valence-electron chi connectivity index (χ2n) is 9.24. The van der Waals surface area contributed by atoms with Crippen molar-refractivity contribution < 1.29 is 18.3 Å². The van der Waals surface area contributed by atoms with Crippen molar-refractivity contribution in [3.8, 4) is 11.5 Å². The number of allylic oxidation sites excluding steroid dienone is 2. The average molecular weight is 455 g/mol. The number of methoxy groups -OCH3 is 1. The number of aromatic hydroxyl groups is 1. The normalized spacial score (nSPS) is 25.8. The SMILES string of the molecule is COc1ccc(C2Nc3ccc(S(=O)(=O)N4CCC(C)CC4)cc3C3C=CCC32)cc1O. The first kappa shape index (κ1) is 21.3. The number of hydrogen-bond donors (Lipinski definition) is 2. The largest absolute Gasteiger partial charge is 0.504 e. The number of phenols is 1. The van der Waals surface area contributed by atoms with E-state index in [-0.39, 0.29) is 23.6 Å². The minimum absolute atomic E-state index is 0.0188. The summed E-state index contributed by atoms with van der Waals surface area (Å²) >= 11 is 0. The van der Waals surface area contributed by atoms with Gasteiger partial charge < -0.3 is 15.2 Å². The van der Waals surface area contributed by atoms with Crippen LogP contribution in [0.15, 0.2) is 53.4 Å². The molecule has 2 aliphatic heterocycles. The molecule has 0 saturated carbocycles. The molecule has 5 rings (SSSR count). The predicted octanol–water partition coefficient (Wildman–Crippen LogP) is 4.65. The van der Waals surface area contributed by atoms with Gasteiger partial charge >= 0.3 is 0 Å². The maximum atomic E-state index is 13.3. The summed E-state index contributed by atoms with van der Waals surface area (Å²) in [6.45, 7) is 3.36. The zero-order valence-corrected chi connectivity index (χ0v) is 19.3. The fraction of sp³-hybridized carbons (Fsp3) is 0.440. The van der Waals surface area contributed by atoms with Crippen molar-refractivity contribution in [3.63, 3.8) is 0 Å². The van der Waals surface area contributed by atoms with E-state index in [2.05, 4.69) is 24.4 Å². The van der Waals surface area contributed by atoms with Crippen LogP contribution in [0.1, 0.15) is 49.3 Å². The minimum atomic E-state index is -3.49. The van der Waals surface area contributed by atoms with Gasteiger partial charge in [-0.05, 0) is 72.6 Å². The number of hydrogen-bond acceptors (Lipinski definition) is 5. The molecule has 3 aliphatic rings. The van der Waals surface area contributed by atoms with Crippen LogP contribution in [0.3, 0.4) is 0 Å². The van der Waals surface area contributed by atoms with Crippen LogP contribution < -0.4 is 10.1 Å². The summed E-state index contributed by atoms with van der Waals surface area (Å²) in [5.74, 6) is 1.54. The van der Waals surface area contributed by atoms with Crippen molar-refractivity contribution in [3.05, 3.63) is 59.7 Å². The average Bonchev–Trinajstić information content (AvgIpc) is 3.29. The van der Waals surface area contributed by atoms with E-state index in [1.54, 1.807) is 22.5 Å². The molecule has 2 N–H and O–H groups in total. The van der Waals surface area contributed by atoms with E-state index >= 15 is 0 Å². The molecule has 7 heteroatoms. The van der Waals surface area contributed by atoms with Crippen molar-refractivity contribution in [2.24, 2.45) is 11.8 Å². The van der Waals surface area contributed by atoms with Gasteiger partial charge in [-0.3, -0.25) is 0 Å². The van der Waals surface area contributed by atoms with Crippen molar-refractivity contribution in [2.45, 2.75) is 43.0 Å². The summed E-state index contributed by atoms with van der Waals surface area (Å²) in [5, 5.41) is 13.9. The molecule has 6 nitrogen and oxygen atoms in total. The molecule has 0 amide bonds. The van der Waals surface area contributed by atoms with E-state index in [4.69, 9.17) is 4.74 Å². The van der Waals surface area contributed by atoms with Crippen LogP contribution in [0, 0.1) is 11.8 Å². The zero-order chi connectivity index (χ0) is 22.5. The maximum absolute atomic E-state index is 13.3. The Labute approximate surface area is 190 Å². The number of rotatable bonds is 4. The molecule has 1 aliphatic carbocycles. The number of nitrogens with one attached hydrogen (secondary N) is 1. The van der Waals surface area contributed by atoms with Crippen LogP contribution in [0.25, 0.3) is 0 Å². The summed E-state index contributed by atoms with van der Waals surface area (Å²) in [4.78, 5) is 0.382. The van der Waals surface area contributed by atoms with E-state index in [9.17, 15) is 13.5 Å². The molecule has 2 aromatic rings. The maximum Gasteiger partial charge on any atom is 0.243 e. The first-order chi connectivity index (χ1) is 15.4. The lowest BCUT2D eigenvalue weighted by atomic mass is 9.77. The van der Waals surface area contributed by atoms with E-state index in [1.807, 2.05) is 18.2 Å². The van der Waals surface area contributed by atoms with Crippen molar-refractivity contribution in [1.82, 2.24) is 4.31 Å². The molecule has 2 heterocycles. The Morgan fingerprint density at radius 3 is 2.62 bits per heavy atom. The molecule has 3 atom stereocenters. The first-order valence-electron chi connectivity index (χ1n) is 11.3. The van der Waals surface area contributed by atoms with Gasteiger partial charge in [0.05, 0.1) is 18.0 Å². The third kappa shape index (κ3) is 3.57. The molecule has 0 bridgehead atoms. The molecule has 32 heavy (non-hydrogen) atoms. The van der Waals surface area contributed by atoms with Crippen LogP contribution in [0.2, 0.25) is 0 Å². The lowest BCUT2D eigenvalue weighted by Crippen LogP contribution is -2.38. The molecule has 2 aromatic carbocycles. The van der Waals surface area contributed by atoms with E-state index in [0.717, 1.165) is 36.1 Å². The van der Waals surface area contributed by atoms with E-state index in [0.29, 0.717) is 29.7 Å². The number of piperidine rings is 1. The lowest BCUT2D eigenvalue weighted by molar-refractivity contribution is 0.288. The first-order valence-corrected chi connectivity index (χ1v) is 12.8. The quantitative estimate of drug-likeness (QED) is 0.658. The topological polar surface area (TPSA) is 78.9 Å². The Morgan fingerprint density at radius 1 is 1.12 bits per heavy atom. The summed E-state index contributed by atoms with van der Waals surface area (Å²) in [6, 6.07) is 11.0. The summed E-state index contributed by atoms with van der Waals surface area (Å²) in [6.07, 6.45) is 7.09. The number of benzene rings is 2. The molecular weight excluding hydrogens is 424 g/mol. The third-order valence-electron chi connectivity index (χ3n) is 7.28. The molecule has 1 saturated heterocycles. The number of fused-ring (bicyclic) bond motifs is 3. The number of sulfonamides is 1. The monoisotopic (exact) mass is 454 g/mol. The van der Waals surface area contributed by atoms with E-state index < -0.39 is 10.0 Å². The van der Waals surface area contributed by atoms with Gasteiger partial charge in [-0.1, -0.05) is 25.1 Å². The molecule has 170 valence electrons. The minimum Gasteiger partial charge on any atom is -0.504 e. The Bertz CT molecular complexity index is 1150. The van der Waals surface area contributed by atoms with Crippen LogP contribution in [0.5, 0.6) is 11.5 Å². The Kier molecular flexibility index (Phi) is 5.42. The molecule has 0 aromatic heterocycles. The highest BCUT2D eigenvalue weighted by Crippen LogP contribution is 2.51. The smallest absolute Gasteiger partial charge is 0.243 e. The van der Waals surface area contributed by atoms with Gasteiger partial charge in [-0.15, -0.1) is 0 Å². The van der Waals surface area contributed by atoms with Gasteiger partial charge in [-0.25, -0.2) is 8.42 Å². The standard InChI is InChI=1S/C25H30N2O4S/c1-16-10-12-27(13-11-16)32(29,30)18-7-8-22-21(15-18)19-4-3-5-20(19)25(26-22)17-6-9-24(31-2)23(28)14-17/h3-4,6-9,14-16,19-20,25-26,28H,5,10-13H2,1-2H3. The van der Waals surface area contributed by atoms with Gasteiger partial charge in [0.25, 0.3) is 0 Å². The van der Waals surface area contributed by atoms with Gasteiger partial charge in [0.2, 0.25) is 10.0 Å². The fourth-order valence-electron chi connectivity index (χ4n) is 5.34. The zero-order valence-electron chi connectivity index (χ0n) is 18.5. The summed E-state index contributed by atoms with van der Waals surface area (Å²) in [5.41, 5.74) is 2.97. The van der Waals surface area contributed by atoms with Gasteiger partial charge in [0, 0.05) is 24.7 Å². The Morgan fingerprint density at radius 2 is 1.91 bits per heavy atom. The predicted molar refractivity (Wildman–Crippen MR) is 125 cm³/mol. The van der Waals surface area contributed by atoms with Crippen molar-refractivity contribution >= 4 is 15.7 Å². The molecular formula is C25H30N2O4S. The summed E-state index contributed by atoms with van der Waals surface area (Å²) < 4.78 is 33.4. The molecule has 0 radical (unpaired) electrons. The van der Waals surface area contributed by atoms with Gasteiger partial charge in [0.1, 0.15) is 0 Å². The van der Waals surface area contributed by atoms with E-state index in [1.165, 1.54) is 7.11 Å². The second-order valence-corrected chi connectivity index (χ2v) is 11.2. The second kappa shape index (κ2) is 8.12. The van der Waals surface area contributed by atoms with Crippen LogP contribution in [0.4, 0.5) is 5.69 Å². The van der Waals surface area contributed by atoms with Crippen LogP contribution >= 0.6 is 0 Å². The van der Waals surface area contributed by atoms with Gasteiger partial charge in [-0.2, -0.15) is 4.31 Å². The Balaban J connectivity index is 1.48. The highest BCUT2D eigenvalue weighted by Gasteiger charge is 2.39. The number of anilines is 1. The summed E-state index contributed by atoms with van der Waals surface area (Å²) in [7, 11) is -1.95. The van der Waals surface area contributed by atoms with Crippen molar-refractivity contribution in [1.29, 1.82) is 0 Å².